The van der Waals surface area contributed by atoms with Gasteiger partial charge in [-0.1, -0.05) is 0 Å². The summed E-state index contributed by atoms with van der Waals surface area (Å²) in [5, 5.41) is 5.53. The van der Waals surface area contributed by atoms with Gasteiger partial charge in [0.1, 0.15) is 5.82 Å². The van der Waals surface area contributed by atoms with E-state index in [9.17, 15) is 9.18 Å². The lowest BCUT2D eigenvalue weighted by molar-refractivity contribution is -0.114. The molecule has 0 radical (unpaired) electrons. The Balaban J connectivity index is 2.53. The van der Waals surface area contributed by atoms with Crippen LogP contribution in [0.3, 0.4) is 0 Å². The van der Waals surface area contributed by atoms with Crippen molar-refractivity contribution in [2.45, 2.75) is 6.92 Å². The maximum Gasteiger partial charge on any atom is 0.243 e. The third-order valence-corrected chi connectivity index (χ3v) is 2.00. The largest absolute Gasteiger partial charge is 0.374 e. The number of carbonyl (C=O) groups is 1. The highest BCUT2D eigenvalue weighted by Crippen LogP contribution is 2.29. The third-order valence-electron chi connectivity index (χ3n) is 2.00. The summed E-state index contributed by atoms with van der Waals surface area (Å²) >= 11 is 0. The molecule has 3 nitrogen and oxygen atoms in total. The summed E-state index contributed by atoms with van der Waals surface area (Å²) in [5.74, 6) is -0.387. The number of rotatable bonds is 0. The lowest BCUT2D eigenvalue weighted by Gasteiger charge is -2.20. The monoisotopic (exact) mass is 180 g/mol. The molecule has 2 rings (SSSR count). The van der Waals surface area contributed by atoms with Gasteiger partial charge in [-0.05, 0) is 24.6 Å². The number of benzene rings is 1. The van der Waals surface area contributed by atoms with Gasteiger partial charge in [-0.15, -0.1) is 0 Å². The van der Waals surface area contributed by atoms with Crippen molar-refractivity contribution in [3.05, 3.63) is 23.5 Å². The first-order valence-corrected chi connectivity index (χ1v) is 4.00. The Hall–Kier alpha value is -1.58. The number of nitrogens with one attached hydrogen (secondary N) is 2. The van der Waals surface area contributed by atoms with Crippen molar-refractivity contribution in [3.63, 3.8) is 0 Å². The summed E-state index contributed by atoms with van der Waals surface area (Å²) in [7, 11) is 0. The summed E-state index contributed by atoms with van der Waals surface area (Å²) in [6.07, 6.45) is 0. The molecular weight excluding hydrogens is 171 g/mol. The number of amides is 1. The zero-order chi connectivity index (χ0) is 9.42. The molecule has 1 amide bonds. The van der Waals surface area contributed by atoms with E-state index >= 15 is 0 Å². The Labute approximate surface area is 74.9 Å². The van der Waals surface area contributed by atoms with Gasteiger partial charge in [0.05, 0.1) is 17.9 Å². The van der Waals surface area contributed by atoms with E-state index in [0.717, 1.165) is 5.56 Å². The van der Waals surface area contributed by atoms with Gasteiger partial charge in [0.2, 0.25) is 5.91 Å². The van der Waals surface area contributed by atoms with E-state index in [0.29, 0.717) is 11.4 Å². The van der Waals surface area contributed by atoms with E-state index < -0.39 is 0 Å². The average molecular weight is 180 g/mol. The topological polar surface area (TPSA) is 41.1 Å². The summed E-state index contributed by atoms with van der Waals surface area (Å²) in [4.78, 5) is 11.0. The Morgan fingerprint density at radius 2 is 2.23 bits per heavy atom. The van der Waals surface area contributed by atoms with Crippen molar-refractivity contribution in [2.75, 3.05) is 17.2 Å². The number of halogens is 1. The van der Waals surface area contributed by atoms with E-state index in [1.54, 1.807) is 6.92 Å². The zero-order valence-corrected chi connectivity index (χ0v) is 7.15. The first kappa shape index (κ1) is 8.04. The summed E-state index contributed by atoms with van der Waals surface area (Å²) in [6.45, 7) is 1.96. The predicted molar refractivity (Wildman–Crippen MR) is 48.3 cm³/mol. The summed E-state index contributed by atoms with van der Waals surface area (Å²) in [5.41, 5.74) is 2.06. The molecule has 68 valence electrons. The molecule has 0 bridgehead atoms. The van der Waals surface area contributed by atoms with Crippen molar-refractivity contribution >= 4 is 17.3 Å². The molecule has 1 heterocycles. The molecule has 0 aliphatic carbocycles. The number of carbonyl (C=O) groups excluding carboxylic acids is 1. The highest BCUT2D eigenvalue weighted by molar-refractivity contribution is 6.01. The van der Waals surface area contributed by atoms with Gasteiger partial charge in [-0.25, -0.2) is 4.39 Å². The van der Waals surface area contributed by atoms with E-state index in [1.807, 2.05) is 0 Å². The SMILES string of the molecule is Cc1cc(F)cc2c1NC(=O)CN2. The normalized spacial score (nSPS) is 14.5. The molecule has 1 aromatic rings. The van der Waals surface area contributed by atoms with Crippen molar-refractivity contribution < 1.29 is 9.18 Å². The van der Waals surface area contributed by atoms with Crippen LogP contribution in [0, 0.1) is 12.7 Å². The Morgan fingerprint density at radius 1 is 1.46 bits per heavy atom. The van der Waals surface area contributed by atoms with Crippen LogP contribution in [0.1, 0.15) is 5.56 Å². The molecule has 0 aromatic heterocycles. The second kappa shape index (κ2) is 2.73. The van der Waals surface area contributed by atoms with Crippen LogP contribution in [0.4, 0.5) is 15.8 Å². The smallest absolute Gasteiger partial charge is 0.243 e. The third kappa shape index (κ3) is 1.35. The van der Waals surface area contributed by atoms with Crippen molar-refractivity contribution in [1.82, 2.24) is 0 Å². The quantitative estimate of drug-likeness (QED) is 0.635. The maximum atomic E-state index is 12.9. The number of hydrogen-bond donors (Lipinski definition) is 2. The van der Waals surface area contributed by atoms with Crippen LogP contribution in [-0.4, -0.2) is 12.5 Å². The van der Waals surface area contributed by atoms with Gasteiger partial charge in [0.25, 0.3) is 0 Å². The lowest BCUT2D eigenvalue weighted by Crippen LogP contribution is -2.28. The number of hydrogen-bond acceptors (Lipinski definition) is 2. The maximum absolute atomic E-state index is 12.9. The van der Waals surface area contributed by atoms with Crippen molar-refractivity contribution in [2.24, 2.45) is 0 Å². The highest BCUT2D eigenvalue weighted by atomic mass is 19.1. The fourth-order valence-electron chi connectivity index (χ4n) is 1.41. The minimum atomic E-state index is -0.292. The Kier molecular flexibility index (Phi) is 1.69. The molecule has 2 N–H and O–H groups in total. The number of anilines is 2. The van der Waals surface area contributed by atoms with Gasteiger partial charge < -0.3 is 10.6 Å². The molecule has 0 saturated carbocycles. The van der Waals surface area contributed by atoms with Crippen LogP contribution in [0.2, 0.25) is 0 Å². The van der Waals surface area contributed by atoms with Crippen molar-refractivity contribution in [1.29, 1.82) is 0 Å². The standard InChI is InChI=1S/C9H9FN2O/c1-5-2-6(10)3-7-9(5)12-8(13)4-11-7/h2-3,11H,4H2,1H3,(H,12,13). The molecule has 0 atom stereocenters. The van der Waals surface area contributed by atoms with Crippen LogP contribution >= 0.6 is 0 Å². The van der Waals surface area contributed by atoms with Gasteiger partial charge in [0.15, 0.2) is 0 Å². The average Bonchev–Trinajstić information content (AvgIpc) is 2.06. The molecule has 0 spiro atoms. The molecule has 1 aliphatic rings. The molecule has 0 fully saturated rings. The van der Waals surface area contributed by atoms with E-state index in [2.05, 4.69) is 10.6 Å². The predicted octanol–water partition coefficient (Wildman–Crippen LogP) is 1.50. The first-order valence-electron chi connectivity index (χ1n) is 4.00. The van der Waals surface area contributed by atoms with Gasteiger partial charge in [-0.3, -0.25) is 4.79 Å². The minimum absolute atomic E-state index is 0.0952. The molecular formula is C9H9FN2O. The zero-order valence-electron chi connectivity index (χ0n) is 7.15. The second-order valence-electron chi connectivity index (χ2n) is 3.05. The highest BCUT2D eigenvalue weighted by Gasteiger charge is 2.16. The first-order chi connectivity index (χ1) is 6.16. The van der Waals surface area contributed by atoms with E-state index in [4.69, 9.17) is 0 Å². The summed E-state index contributed by atoms with van der Waals surface area (Å²) in [6, 6.07) is 2.77. The fraction of sp³-hybridized carbons (Fsp3) is 0.222. The molecule has 4 heteroatoms. The van der Waals surface area contributed by atoms with Crippen LogP contribution in [-0.2, 0) is 4.79 Å². The van der Waals surface area contributed by atoms with Crippen LogP contribution in [0.25, 0.3) is 0 Å². The lowest BCUT2D eigenvalue weighted by atomic mass is 10.1. The molecule has 0 saturated heterocycles. The Bertz CT molecular complexity index is 376. The van der Waals surface area contributed by atoms with Crippen LogP contribution in [0.15, 0.2) is 12.1 Å². The van der Waals surface area contributed by atoms with Gasteiger partial charge in [-0.2, -0.15) is 0 Å². The van der Waals surface area contributed by atoms with E-state index in [1.165, 1.54) is 12.1 Å². The van der Waals surface area contributed by atoms with Gasteiger partial charge >= 0.3 is 0 Å². The van der Waals surface area contributed by atoms with E-state index in [-0.39, 0.29) is 18.3 Å². The fourth-order valence-corrected chi connectivity index (χ4v) is 1.41. The number of aryl methyl sites for hydroxylation is 1. The van der Waals surface area contributed by atoms with Crippen LogP contribution in [0.5, 0.6) is 0 Å². The molecule has 1 aliphatic heterocycles. The Morgan fingerprint density at radius 3 is 3.00 bits per heavy atom. The molecule has 0 unspecified atom stereocenters. The van der Waals surface area contributed by atoms with Crippen molar-refractivity contribution in [3.8, 4) is 0 Å². The minimum Gasteiger partial charge on any atom is -0.374 e. The molecule has 13 heavy (non-hydrogen) atoms. The van der Waals surface area contributed by atoms with Crippen LogP contribution < -0.4 is 10.6 Å². The number of fused-ring (bicyclic) bond motifs is 1. The molecule has 1 aromatic carbocycles. The second-order valence-corrected chi connectivity index (χ2v) is 3.05. The summed E-state index contributed by atoms with van der Waals surface area (Å²) < 4.78 is 12.9. The van der Waals surface area contributed by atoms with Gasteiger partial charge in [0, 0.05) is 0 Å².